The summed E-state index contributed by atoms with van der Waals surface area (Å²) in [6.45, 7) is 8.30. The molecule has 3 atom stereocenters. The second kappa shape index (κ2) is 8.32. The van der Waals surface area contributed by atoms with Crippen LogP contribution in [0.2, 0.25) is 0 Å². The Morgan fingerprint density at radius 3 is 2.40 bits per heavy atom. The lowest BCUT2D eigenvalue weighted by Gasteiger charge is -2.24. The fraction of sp³-hybridized carbons (Fsp3) is 0.778. The summed E-state index contributed by atoms with van der Waals surface area (Å²) >= 11 is 0. The molecule has 7 heteroatoms. The van der Waals surface area contributed by atoms with Crippen LogP contribution in [0.1, 0.15) is 53.9 Å². The van der Waals surface area contributed by atoms with Gasteiger partial charge in [-0.15, -0.1) is 0 Å². The van der Waals surface area contributed by atoms with E-state index in [1.807, 2.05) is 13.8 Å². The van der Waals surface area contributed by atoms with Crippen molar-refractivity contribution < 1.29 is 28.6 Å². The number of esters is 3. The summed E-state index contributed by atoms with van der Waals surface area (Å²) in [4.78, 5) is 35.7. The third-order valence-electron chi connectivity index (χ3n) is 5.07. The molecule has 0 saturated carbocycles. The van der Waals surface area contributed by atoms with Gasteiger partial charge in [0.2, 0.25) is 0 Å². The van der Waals surface area contributed by atoms with E-state index in [1.54, 1.807) is 20.8 Å². The molecular formula is C18H27NO6. The van der Waals surface area contributed by atoms with E-state index in [-0.39, 0.29) is 12.5 Å². The largest absolute Gasteiger partial charge is 0.459 e. The van der Waals surface area contributed by atoms with Crippen LogP contribution in [-0.2, 0) is 28.6 Å². The van der Waals surface area contributed by atoms with Gasteiger partial charge in [-0.3, -0.25) is 9.59 Å². The lowest BCUT2D eigenvalue weighted by Crippen LogP contribution is -2.34. The smallest absolute Gasteiger partial charge is 0.344 e. The first kappa shape index (κ1) is 20.9. The van der Waals surface area contributed by atoms with E-state index in [1.165, 1.54) is 0 Å². The SMILES string of the molecule is CCC1C(COC(=O)COC(=O)C(C)(C)CC)OC(=O)C1(C#N)CC. The maximum atomic E-state index is 12.1. The molecule has 1 rings (SSSR count). The summed E-state index contributed by atoms with van der Waals surface area (Å²) in [6, 6.07) is 2.07. The Bertz CT molecular complexity index is 564. The molecule has 0 bridgehead atoms. The fourth-order valence-electron chi connectivity index (χ4n) is 2.85. The van der Waals surface area contributed by atoms with E-state index in [4.69, 9.17) is 14.2 Å². The van der Waals surface area contributed by atoms with Gasteiger partial charge in [0, 0.05) is 5.92 Å². The Balaban J connectivity index is 2.58. The van der Waals surface area contributed by atoms with Crippen molar-refractivity contribution in [2.24, 2.45) is 16.7 Å². The lowest BCUT2D eigenvalue weighted by atomic mass is 9.73. The molecule has 3 unspecified atom stereocenters. The molecule has 1 saturated heterocycles. The first-order chi connectivity index (χ1) is 11.7. The van der Waals surface area contributed by atoms with Crippen molar-refractivity contribution in [3.8, 4) is 6.07 Å². The summed E-state index contributed by atoms with van der Waals surface area (Å²) in [5.74, 6) is -2.09. The summed E-state index contributed by atoms with van der Waals surface area (Å²) in [7, 11) is 0. The van der Waals surface area contributed by atoms with Crippen molar-refractivity contribution in [3.05, 3.63) is 0 Å². The second-order valence-corrected chi connectivity index (χ2v) is 6.89. The zero-order valence-electron chi connectivity index (χ0n) is 15.6. The highest BCUT2D eigenvalue weighted by Gasteiger charge is 2.56. The predicted octanol–water partition coefficient (Wildman–Crippen LogP) is 2.38. The maximum Gasteiger partial charge on any atom is 0.344 e. The Kier molecular flexibility index (Phi) is 6.97. The Hall–Kier alpha value is -2.10. The van der Waals surface area contributed by atoms with Crippen LogP contribution in [0, 0.1) is 28.1 Å². The van der Waals surface area contributed by atoms with Crippen molar-refractivity contribution in [2.75, 3.05) is 13.2 Å². The van der Waals surface area contributed by atoms with Crippen LogP contribution in [0.3, 0.4) is 0 Å². The summed E-state index contributed by atoms with van der Waals surface area (Å²) in [6.07, 6.45) is 0.817. The molecule has 1 aliphatic rings. The summed E-state index contributed by atoms with van der Waals surface area (Å²) in [5.41, 5.74) is -1.86. The number of hydrogen-bond donors (Lipinski definition) is 0. The number of carbonyl (C=O) groups excluding carboxylic acids is 3. The maximum absolute atomic E-state index is 12.1. The van der Waals surface area contributed by atoms with Crippen molar-refractivity contribution >= 4 is 17.9 Å². The normalized spacial score (nSPS) is 25.8. The van der Waals surface area contributed by atoms with Crippen molar-refractivity contribution in [3.63, 3.8) is 0 Å². The molecule has 1 fully saturated rings. The zero-order chi connectivity index (χ0) is 19.3. The van der Waals surface area contributed by atoms with E-state index in [2.05, 4.69) is 6.07 Å². The Labute approximate surface area is 148 Å². The highest BCUT2D eigenvalue weighted by Crippen LogP contribution is 2.44. The summed E-state index contributed by atoms with van der Waals surface area (Å²) in [5, 5.41) is 9.41. The van der Waals surface area contributed by atoms with E-state index < -0.39 is 41.4 Å². The minimum Gasteiger partial charge on any atom is -0.459 e. The molecule has 1 heterocycles. The third kappa shape index (κ3) is 4.30. The van der Waals surface area contributed by atoms with Gasteiger partial charge >= 0.3 is 17.9 Å². The number of carbonyl (C=O) groups is 3. The molecule has 1 aliphatic heterocycles. The van der Waals surface area contributed by atoms with E-state index >= 15 is 0 Å². The quantitative estimate of drug-likeness (QED) is 0.487. The highest BCUT2D eigenvalue weighted by atomic mass is 16.6. The molecular weight excluding hydrogens is 326 g/mol. The zero-order valence-corrected chi connectivity index (χ0v) is 15.6. The van der Waals surface area contributed by atoms with E-state index in [0.29, 0.717) is 19.3 Å². The van der Waals surface area contributed by atoms with Gasteiger partial charge in [0.15, 0.2) is 12.0 Å². The first-order valence-corrected chi connectivity index (χ1v) is 8.63. The van der Waals surface area contributed by atoms with Crippen LogP contribution >= 0.6 is 0 Å². The average molecular weight is 353 g/mol. The molecule has 0 aliphatic carbocycles. The molecule has 0 aromatic carbocycles. The van der Waals surface area contributed by atoms with Gasteiger partial charge in [-0.2, -0.15) is 5.26 Å². The molecule has 0 N–H and O–H groups in total. The Morgan fingerprint density at radius 1 is 1.28 bits per heavy atom. The van der Waals surface area contributed by atoms with Crippen molar-refractivity contribution in [1.29, 1.82) is 5.26 Å². The fourth-order valence-corrected chi connectivity index (χ4v) is 2.85. The Morgan fingerprint density at radius 2 is 1.92 bits per heavy atom. The van der Waals surface area contributed by atoms with Crippen LogP contribution in [0.15, 0.2) is 0 Å². The molecule has 140 valence electrons. The van der Waals surface area contributed by atoms with Crippen LogP contribution in [0.4, 0.5) is 0 Å². The van der Waals surface area contributed by atoms with Crippen LogP contribution < -0.4 is 0 Å². The van der Waals surface area contributed by atoms with Crippen molar-refractivity contribution in [1.82, 2.24) is 0 Å². The average Bonchev–Trinajstić information content (AvgIpc) is 2.88. The van der Waals surface area contributed by atoms with Gasteiger partial charge in [0.25, 0.3) is 0 Å². The molecule has 0 radical (unpaired) electrons. The van der Waals surface area contributed by atoms with E-state index in [9.17, 15) is 19.6 Å². The molecule has 0 aromatic rings. The standard InChI is InChI=1S/C18H27NO6/c1-6-12-13(25-16(22)18(12,8-3)11-19)9-23-14(20)10-24-15(21)17(4,5)7-2/h12-13H,6-10H2,1-5H3. The second-order valence-electron chi connectivity index (χ2n) is 6.89. The molecule has 25 heavy (non-hydrogen) atoms. The van der Waals surface area contributed by atoms with Crippen LogP contribution in [0.25, 0.3) is 0 Å². The van der Waals surface area contributed by atoms with Gasteiger partial charge in [0.05, 0.1) is 11.5 Å². The summed E-state index contributed by atoms with van der Waals surface area (Å²) < 4.78 is 15.3. The number of nitrogens with zero attached hydrogens (tertiary/aromatic N) is 1. The number of rotatable bonds is 8. The van der Waals surface area contributed by atoms with E-state index in [0.717, 1.165) is 0 Å². The van der Waals surface area contributed by atoms with Gasteiger partial charge in [-0.25, -0.2) is 4.79 Å². The minimum atomic E-state index is -1.19. The third-order valence-corrected chi connectivity index (χ3v) is 5.07. The number of ether oxygens (including phenoxy) is 3. The van der Waals surface area contributed by atoms with Gasteiger partial charge in [-0.1, -0.05) is 20.8 Å². The van der Waals surface area contributed by atoms with Crippen LogP contribution in [0.5, 0.6) is 0 Å². The molecule has 0 amide bonds. The molecule has 0 spiro atoms. The predicted molar refractivity (Wildman–Crippen MR) is 88.0 cm³/mol. The molecule has 0 aromatic heterocycles. The number of cyclic esters (lactones) is 1. The monoisotopic (exact) mass is 353 g/mol. The highest BCUT2D eigenvalue weighted by molar-refractivity contribution is 5.83. The van der Waals surface area contributed by atoms with Gasteiger partial charge in [0.1, 0.15) is 12.7 Å². The minimum absolute atomic E-state index is 0.152. The topological polar surface area (TPSA) is 103 Å². The number of nitriles is 1. The first-order valence-electron chi connectivity index (χ1n) is 8.63. The van der Waals surface area contributed by atoms with Crippen molar-refractivity contribution in [2.45, 2.75) is 60.0 Å². The van der Waals surface area contributed by atoms with Gasteiger partial charge < -0.3 is 14.2 Å². The van der Waals surface area contributed by atoms with Gasteiger partial charge in [-0.05, 0) is 33.1 Å². The molecule has 7 nitrogen and oxygen atoms in total. The lowest BCUT2D eigenvalue weighted by molar-refractivity contribution is -0.167. The number of hydrogen-bond acceptors (Lipinski definition) is 7. The van der Waals surface area contributed by atoms with Crippen LogP contribution in [-0.4, -0.2) is 37.2 Å².